The van der Waals surface area contributed by atoms with Crippen molar-refractivity contribution in [2.24, 2.45) is 4.99 Å². The van der Waals surface area contributed by atoms with E-state index in [9.17, 15) is 8.78 Å². The zero-order valence-electron chi connectivity index (χ0n) is 18.1. The summed E-state index contributed by atoms with van der Waals surface area (Å²) in [5.41, 5.74) is 1.63. The number of alkyl halides is 2. The predicted octanol–water partition coefficient (Wildman–Crippen LogP) is 4.10. The summed E-state index contributed by atoms with van der Waals surface area (Å²) in [5, 5.41) is 6.32. The van der Waals surface area contributed by atoms with Crippen LogP contribution in [0, 0.1) is 0 Å². The van der Waals surface area contributed by atoms with Crippen LogP contribution >= 0.6 is 24.0 Å². The first-order valence-corrected chi connectivity index (χ1v) is 9.89. The maximum Gasteiger partial charge on any atom is 0.387 e. The number of nitrogens with zero attached hydrogens (tertiary/aromatic N) is 2. The first kappa shape index (κ1) is 26.9. The van der Waals surface area contributed by atoms with Gasteiger partial charge in [0.15, 0.2) is 5.96 Å². The average molecular weight is 548 g/mol. The first-order chi connectivity index (χ1) is 14.5. The van der Waals surface area contributed by atoms with Crippen LogP contribution in [0.15, 0.2) is 53.5 Å². The van der Waals surface area contributed by atoms with Gasteiger partial charge in [-0.15, -0.1) is 24.0 Å². The van der Waals surface area contributed by atoms with Gasteiger partial charge in [0.05, 0.1) is 6.54 Å². The number of benzene rings is 2. The van der Waals surface area contributed by atoms with Crippen molar-refractivity contribution in [3.05, 3.63) is 59.7 Å². The van der Waals surface area contributed by atoms with E-state index in [-0.39, 0.29) is 29.7 Å². The lowest BCUT2D eigenvalue weighted by molar-refractivity contribution is -0.0504. The number of halogens is 3. The number of likely N-dealkylation sites (N-methyl/N-ethyl adjacent to an activating group) is 1. The average Bonchev–Trinajstić information content (AvgIpc) is 2.71. The third kappa shape index (κ3) is 10.6. The molecule has 2 aromatic carbocycles. The fraction of sp³-hybridized carbons (Fsp3) is 0.409. The number of hydrogen-bond acceptors (Lipinski definition) is 4. The molecule has 0 amide bonds. The summed E-state index contributed by atoms with van der Waals surface area (Å²) >= 11 is 0. The van der Waals surface area contributed by atoms with Crippen molar-refractivity contribution in [1.29, 1.82) is 0 Å². The van der Waals surface area contributed by atoms with Crippen LogP contribution in [0.2, 0.25) is 0 Å². The van der Waals surface area contributed by atoms with Crippen molar-refractivity contribution in [2.45, 2.75) is 26.6 Å². The topological polar surface area (TPSA) is 58.1 Å². The normalized spacial score (nSPS) is 11.3. The highest BCUT2D eigenvalue weighted by molar-refractivity contribution is 14.0. The maximum atomic E-state index is 12.6. The molecule has 0 fully saturated rings. The van der Waals surface area contributed by atoms with Gasteiger partial charge in [-0.2, -0.15) is 8.78 Å². The van der Waals surface area contributed by atoms with Gasteiger partial charge in [-0.25, -0.2) is 4.99 Å². The molecule has 0 saturated carbocycles. The molecule has 6 nitrogen and oxygen atoms in total. The minimum atomic E-state index is -2.86. The van der Waals surface area contributed by atoms with Crippen LogP contribution < -0.4 is 20.1 Å². The van der Waals surface area contributed by atoms with Crippen LogP contribution in [0.5, 0.6) is 11.5 Å². The Kier molecular flexibility index (Phi) is 12.8. The third-order valence-electron chi connectivity index (χ3n) is 4.10. The van der Waals surface area contributed by atoms with E-state index in [4.69, 9.17) is 4.74 Å². The highest BCUT2D eigenvalue weighted by Crippen LogP contribution is 2.20. The van der Waals surface area contributed by atoms with E-state index in [0.717, 1.165) is 17.9 Å². The summed E-state index contributed by atoms with van der Waals surface area (Å²) < 4.78 is 35.5. The van der Waals surface area contributed by atoms with Crippen LogP contribution in [-0.2, 0) is 13.1 Å². The number of rotatable bonds is 11. The molecule has 2 rings (SSSR count). The zero-order valence-corrected chi connectivity index (χ0v) is 20.4. The highest BCUT2D eigenvalue weighted by atomic mass is 127. The molecule has 0 atom stereocenters. The number of guanidine groups is 1. The van der Waals surface area contributed by atoms with Gasteiger partial charge in [0.1, 0.15) is 18.1 Å². The molecule has 0 aliphatic carbocycles. The van der Waals surface area contributed by atoms with E-state index in [0.29, 0.717) is 37.8 Å². The number of ether oxygens (including phenoxy) is 2. The zero-order chi connectivity index (χ0) is 21.8. The van der Waals surface area contributed by atoms with Crippen molar-refractivity contribution in [3.8, 4) is 11.5 Å². The van der Waals surface area contributed by atoms with Crippen molar-refractivity contribution in [2.75, 3.05) is 33.8 Å². The molecular formula is C22H31F2IN4O2. The van der Waals surface area contributed by atoms with E-state index in [1.807, 2.05) is 45.3 Å². The van der Waals surface area contributed by atoms with E-state index >= 15 is 0 Å². The Balaban J connectivity index is 0.00000480. The van der Waals surface area contributed by atoms with Crippen molar-refractivity contribution in [1.82, 2.24) is 15.5 Å². The van der Waals surface area contributed by atoms with Crippen LogP contribution in [-0.4, -0.2) is 51.3 Å². The molecule has 0 aromatic heterocycles. The number of aliphatic imine (C=N–C) groups is 1. The lowest BCUT2D eigenvalue weighted by atomic mass is 10.2. The van der Waals surface area contributed by atoms with Crippen LogP contribution in [0.1, 0.15) is 18.1 Å². The van der Waals surface area contributed by atoms with Crippen LogP contribution in [0.4, 0.5) is 8.78 Å². The molecule has 0 unspecified atom stereocenters. The Morgan fingerprint density at radius 2 is 1.87 bits per heavy atom. The van der Waals surface area contributed by atoms with Gasteiger partial charge in [0.25, 0.3) is 0 Å². The quantitative estimate of drug-likeness (QED) is 0.252. The summed E-state index contributed by atoms with van der Waals surface area (Å²) in [7, 11) is 4.00. The molecule has 31 heavy (non-hydrogen) atoms. The van der Waals surface area contributed by atoms with Crippen molar-refractivity contribution < 1.29 is 18.3 Å². The summed E-state index contributed by atoms with van der Waals surface area (Å²) in [6.45, 7) is 1.99. The molecule has 9 heteroatoms. The Labute approximate surface area is 200 Å². The molecule has 0 saturated heterocycles. The van der Waals surface area contributed by atoms with Gasteiger partial charge in [0.2, 0.25) is 0 Å². The minimum absolute atomic E-state index is 0. The number of nitrogens with one attached hydrogen (secondary N) is 2. The summed E-state index contributed by atoms with van der Waals surface area (Å²) in [4.78, 5) is 6.64. The Hall–Kier alpha value is -2.14. The molecule has 0 aliphatic rings. The number of para-hydroxylation sites is 1. The Morgan fingerprint density at radius 1 is 1.10 bits per heavy atom. The standard InChI is InChI=1S/C22H30F2N4O2.HI/c1-4-25-22(27-16-18-9-5-6-11-20(18)30-21(23)24)26-15-17-8-7-10-19(14-17)29-13-12-28(2)3;/h5-11,14,21H,4,12-13,15-16H2,1-3H3,(H2,25,26,27);1H. The summed E-state index contributed by atoms with van der Waals surface area (Å²) in [6, 6.07) is 14.5. The Morgan fingerprint density at radius 3 is 2.58 bits per heavy atom. The van der Waals surface area contributed by atoms with Crippen LogP contribution in [0.25, 0.3) is 0 Å². The predicted molar refractivity (Wildman–Crippen MR) is 131 cm³/mol. The molecular weight excluding hydrogens is 517 g/mol. The monoisotopic (exact) mass is 548 g/mol. The lowest BCUT2D eigenvalue weighted by Crippen LogP contribution is -2.36. The van der Waals surface area contributed by atoms with E-state index in [1.54, 1.807) is 18.2 Å². The van der Waals surface area contributed by atoms with Crippen LogP contribution in [0.3, 0.4) is 0 Å². The molecule has 2 N–H and O–H groups in total. The molecule has 0 bridgehead atoms. The van der Waals surface area contributed by atoms with Crippen molar-refractivity contribution in [3.63, 3.8) is 0 Å². The molecule has 0 heterocycles. The van der Waals surface area contributed by atoms with Gasteiger partial charge < -0.3 is 25.0 Å². The molecule has 2 aromatic rings. The van der Waals surface area contributed by atoms with Crippen molar-refractivity contribution >= 4 is 29.9 Å². The molecule has 0 aliphatic heterocycles. The van der Waals surface area contributed by atoms with E-state index < -0.39 is 6.61 Å². The summed E-state index contributed by atoms with van der Waals surface area (Å²) in [5.74, 6) is 1.54. The molecule has 0 radical (unpaired) electrons. The highest BCUT2D eigenvalue weighted by Gasteiger charge is 2.09. The second kappa shape index (κ2) is 14.8. The third-order valence-corrected chi connectivity index (χ3v) is 4.10. The lowest BCUT2D eigenvalue weighted by Gasteiger charge is -2.14. The second-order valence-electron chi connectivity index (χ2n) is 6.83. The minimum Gasteiger partial charge on any atom is -0.492 e. The van der Waals surface area contributed by atoms with E-state index in [1.165, 1.54) is 6.07 Å². The number of hydrogen-bond donors (Lipinski definition) is 2. The van der Waals surface area contributed by atoms with Gasteiger partial charge >= 0.3 is 6.61 Å². The largest absolute Gasteiger partial charge is 0.492 e. The summed E-state index contributed by atoms with van der Waals surface area (Å²) in [6.07, 6.45) is 0. The fourth-order valence-corrected chi connectivity index (χ4v) is 2.63. The van der Waals surface area contributed by atoms with Gasteiger partial charge in [-0.05, 0) is 44.8 Å². The Bertz CT molecular complexity index is 807. The second-order valence-corrected chi connectivity index (χ2v) is 6.83. The smallest absolute Gasteiger partial charge is 0.387 e. The van der Waals surface area contributed by atoms with E-state index in [2.05, 4.69) is 25.3 Å². The van der Waals surface area contributed by atoms with Gasteiger partial charge in [-0.3, -0.25) is 0 Å². The fourth-order valence-electron chi connectivity index (χ4n) is 2.63. The van der Waals surface area contributed by atoms with Gasteiger partial charge in [-0.1, -0.05) is 30.3 Å². The molecule has 172 valence electrons. The SMILES string of the molecule is CCNC(=NCc1cccc(OCCN(C)C)c1)NCc1ccccc1OC(F)F.I. The maximum absolute atomic E-state index is 12.6. The first-order valence-electron chi connectivity index (χ1n) is 9.89. The van der Waals surface area contributed by atoms with Gasteiger partial charge in [0, 0.05) is 25.2 Å². The molecule has 0 spiro atoms.